The van der Waals surface area contributed by atoms with Crippen molar-refractivity contribution in [2.45, 2.75) is 50.6 Å². The van der Waals surface area contributed by atoms with E-state index in [-0.39, 0.29) is 23.7 Å². The summed E-state index contributed by atoms with van der Waals surface area (Å²) in [5, 5.41) is 2.83. The van der Waals surface area contributed by atoms with Crippen LogP contribution in [0.4, 0.5) is 13.2 Å². The zero-order valence-corrected chi connectivity index (χ0v) is 16.3. The normalized spacial score (nSPS) is 21.8. The summed E-state index contributed by atoms with van der Waals surface area (Å²) in [5.41, 5.74) is 1.03. The second kappa shape index (κ2) is 8.21. The van der Waals surface area contributed by atoms with Crippen LogP contribution in [-0.4, -0.2) is 12.5 Å². The van der Waals surface area contributed by atoms with Crippen molar-refractivity contribution in [3.63, 3.8) is 0 Å². The lowest BCUT2D eigenvalue weighted by Crippen LogP contribution is -2.31. The van der Waals surface area contributed by atoms with Crippen molar-refractivity contribution >= 4 is 5.91 Å². The van der Waals surface area contributed by atoms with Crippen molar-refractivity contribution in [1.29, 1.82) is 0 Å². The van der Waals surface area contributed by atoms with Gasteiger partial charge in [0.05, 0.1) is 5.56 Å². The maximum atomic E-state index is 14.2. The van der Waals surface area contributed by atoms with E-state index in [1.807, 2.05) is 30.3 Å². The average Bonchev–Trinajstić information content (AvgIpc) is 3.15. The smallest absolute Gasteiger partial charge is 0.356 e. The molecule has 2 nitrogen and oxygen atoms in total. The van der Waals surface area contributed by atoms with E-state index in [4.69, 9.17) is 0 Å². The highest BCUT2D eigenvalue weighted by Gasteiger charge is 2.43. The molecule has 154 valence electrons. The molecule has 2 unspecified atom stereocenters. The van der Waals surface area contributed by atoms with Crippen molar-refractivity contribution in [1.82, 2.24) is 5.32 Å². The van der Waals surface area contributed by atoms with Gasteiger partial charge in [0.2, 0.25) is 5.91 Å². The molecule has 1 aliphatic carbocycles. The first-order chi connectivity index (χ1) is 13.9. The van der Waals surface area contributed by atoms with Crippen LogP contribution >= 0.6 is 0 Å². The third-order valence-corrected chi connectivity index (χ3v) is 6.51. The standard InChI is InChI=1S/C24H26F3NO/c25-24(26,27)21-15-18(16-7-3-1-4-8-16)11-12-19(21)22(17-9-5-2-6-10-17)20-13-14-28-23(20)29/h1,3-4,7-8,11-12,15,17,20,22H,2,5-6,9-10,13-14H2,(H,28,29). The number of hydrogen-bond donors (Lipinski definition) is 1. The summed E-state index contributed by atoms with van der Waals surface area (Å²) in [6.45, 7) is 0.552. The highest BCUT2D eigenvalue weighted by Crippen LogP contribution is 2.47. The summed E-state index contributed by atoms with van der Waals surface area (Å²) < 4.78 is 42.5. The number of carbonyl (C=O) groups is 1. The van der Waals surface area contributed by atoms with Crippen molar-refractivity contribution in [2.75, 3.05) is 6.54 Å². The summed E-state index contributed by atoms with van der Waals surface area (Å²) in [7, 11) is 0. The molecule has 2 aromatic rings. The zero-order valence-electron chi connectivity index (χ0n) is 16.3. The maximum absolute atomic E-state index is 14.2. The molecule has 5 heteroatoms. The summed E-state index contributed by atoms with van der Waals surface area (Å²) in [6.07, 6.45) is 1.12. The van der Waals surface area contributed by atoms with E-state index in [0.29, 0.717) is 24.1 Å². The highest BCUT2D eigenvalue weighted by atomic mass is 19.4. The molecule has 2 fully saturated rings. The fourth-order valence-electron chi connectivity index (χ4n) is 5.15. The molecule has 0 radical (unpaired) electrons. The molecule has 2 atom stereocenters. The number of amides is 1. The van der Waals surface area contributed by atoms with E-state index in [1.165, 1.54) is 6.07 Å². The van der Waals surface area contributed by atoms with Crippen molar-refractivity contribution in [3.8, 4) is 11.1 Å². The van der Waals surface area contributed by atoms with Gasteiger partial charge in [0.1, 0.15) is 0 Å². The molecular formula is C24H26F3NO. The molecule has 2 aliphatic rings. The lowest BCUT2D eigenvalue weighted by Gasteiger charge is -2.35. The van der Waals surface area contributed by atoms with E-state index in [1.54, 1.807) is 12.1 Å². The lowest BCUT2D eigenvalue weighted by molar-refractivity contribution is -0.139. The molecule has 1 heterocycles. The predicted octanol–water partition coefficient (Wildman–Crippen LogP) is 6.17. The number of carbonyl (C=O) groups excluding carboxylic acids is 1. The minimum atomic E-state index is -4.46. The molecule has 29 heavy (non-hydrogen) atoms. The van der Waals surface area contributed by atoms with Gasteiger partial charge in [-0.2, -0.15) is 13.2 Å². The molecule has 2 aromatic carbocycles. The van der Waals surface area contributed by atoms with Crippen LogP contribution in [0.15, 0.2) is 48.5 Å². The van der Waals surface area contributed by atoms with Crippen LogP contribution in [0.2, 0.25) is 0 Å². The minimum Gasteiger partial charge on any atom is -0.356 e. The number of nitrogens with one attached hydrogen (secondary N) is 1. The Morgan fingerprint density at radius 1 is 0.897 bits per heavy atom. The van der Waals surface area contributed by atoms with Crippen molar-refractivity contribution in [3.05, 3.63) is 59.7 Å². The van der Waals surface area contributed by atoms with Crippen molar-refractivity contribution < 1.29 is 18.0 Å². The Morgan fingerprint density at radius 3 is 2.24 bits per heavy atom. The number of benzene rings is 2. The summed E-state index contributed by atoms with van der Waals surface area (Å²) in [6, 6.07) is 13.8. The van der Waals surface area contributed by atoms with E-state index in [0.717, 1.165) is 37.7 Å². The van der Waals surface area contributed by atoms with E-state index in [2.05, 4.69) is 5.32 Å². The lowest BCUT2D eigenvalue weighted by atomic mass is 9.69. The van der Waals surface area contributed by atoms with Gasteiger partial charge >= 0.3 is 6.18 Å². The van der Waals surface area contributed by atoms with Crippen molar-refractivity contribution in [2.24, 2.45) is 11.8 Å². The first-order valence-electron chi connectivity index (χ1n) is 10.5. The Balaban J connectivity index is 1.81. The molecule has 1 saturated heterocycles. The molecular weight excluding hydrogens is 375 g/mol. The monoisotopic (exact) mass is 401 g/mol. The van der Waals surface area contributed by atoms with Gasteiger partial charge in [0.25, 0.3) is 0 Å². The summed E-state index contributed by atoms with van der Waals surface area (Å²) in [4.78, 5) is 12.5. The Kier molecular flexibility index (Phi) is 5.66. The summed E-state index contributed by atoms with van der Waals surface area (Å²) in [5.74, 6) is -0.719. The van der Waals surface area contributed by atoms with Crippen LogP contribution < -0.4 is 5.32 Å². The fourth-order valence-corrected chi connectivity index (χ4v) is 5.15. The molecule has 4 rings (SSSR count). The molecule has 0 bridgehead atoms. The van der Waals surface area contributed by atoms with E-state index in [9.17, 15) is 18.0 Å². The number of hydrogen-bond acceptors (Lipinski definition) is 1. The third-order valence-electron chi connectivity index (χ3n) is 6.51. The van der Waals surface area contributed by atoms with Crippen LogP contribution in [0.3, 0.4) is 0 Å². The van der Waals surface area contributed by atoms with E-state index < -0.39 is 11.7 Å². The molecule has 1 amide bonds. The van der Waals surface area contributed by atoms with Crippen LogP contribution in [-0.2, 0) is 11.0 Å². The minimum absolute atomic E-state index is 0.0965. The van der Waals surface area contributed by atoms with Gasteiger partial charge in [0.15, 0.2) is 0 Å². The quantitative estimate of drug-likeness (QED) is 0.652. The topological polar surface area (TPSA) is 29.1 Å². The molecule has 1 N–H and O–H groups in total. The number of rotatable bonds is 4. The van der Waals surface area contributed by atoms with Gasteiger partial charge < -0.3 is 5.32 Å². The van der Waals surface area contributed by atoms with Gasteiger partial charge in [-0.25, -0.2) is 0 Å². The highest BCUT2D eigenvalue weighted by molar-refractivity contribution is 5.82. The summed E-state index contributed by atoms with van der Waals surface area (Å²) >= 11 is 0. The number of halogens is 3. The second-order valence-corrected chi connectivity index (χ2v) is 8.28. The second-order valence-electron chi connectivity index (χ2n) is 8.28. The Labute approximate surface area is 169 Å². The first-order valence-corrected chi connectivity index (χ1v) is 10.5. The van der Waals surface area contributed by atoms with Gasteiger partial charge in [-0.3, -0.25) is 4.79 Å². The van der Waals surface area contributed by atoms with Crippen LogP contribution in [0.1, 0.15) is 55.6 Å². The largest absolute Gasteiger partial charge is 0.416 e. The number of alkyl halides is 3. The molecule has 1 saturated carbocycles. The van der Waals surface area contributed by atoms with Gasteiger partial charge in [-0.05, 0) is 53.9 Å². The Bertz CT molecular complexity index is 856. The molecule has 0 spiro atoms. The third kappa shape index (κ3) is 4.19. The van der Waals surface area contributed by atoms with Gasteiger partial charge in [-0.15, -0.1) is 0 Å². The zero-order chi connectivity index (χ0) is 20.4. The average molecular weight is 401 g/mol. The van der Waals surface area contributed by atoms with Crippen LogP contribution in [0.5, 0.6) is 0 Å². The SMILES string of the molecule is O=C1NCCC1C(c1ccc(-c2ccccc2)cc1C(F)(F)F)C1CCCCC1. The van der Waals surface area contributed by atoms with E-state index >= 15 is 0 Å². The predicted molar refractivity (Wildman–Crippen MR) is 107 cm³/mol. The Morgan fingerprint density at radius 2 is 1.62 bits per heavy atom. The first kappa shape index (κ1) is 20.0. The molecule has 1 aliphatic heterocycles. The molecule has 0 aromatic heterocycles. The Hall–Kier alpha value is -2.30. The maximum Gasteiger partial charge on any atom is 0.416 e. The van der Waals surface area contributed by atoms with Gasteiger partial charge in [-0.1, -0.05) is 61.7 Å². The van der Waals surface area contributed by atoms with Crippen LogP contribution in [0, 0.1) is 11.8 Å². The fraction of sp³-hybridized carbons (Fsp3) is 0.458. The van der Waals surface area contributed by atoms with Crippen LogP contribution in [0.25, 0.3) is 11.1 Å². The van der Waals surface area contributed by atoms with Gasteiger partial charge in [0, 0.05) is 12.5 Å².